The quantitative estimate of drug-likeness (QED) is 0.441. The van der Waals surface area contributed by atoms with Crippen molar-refractivity contribution in [3.63, 3.8) is 0 Å². The highest BCUT2D eigenvalue weighted by molar-refractivity contribution is 6.33. The summed E-state index contributed by atoms with van der Waals surface area (Å²) in [6.07, 6.45) is 6.14. The third-order valence-electron chi connectivity index (χ3n) is 5.39. The Morgan fingerprint density at radius 1 is 1.24 bits per heavy atom. The van der Waals surface area contributed by atoms with Gasteiger partial charge in [0.1, 0.15) is 0 Å². The number of benzene rings is 2. The monoisotopic (exact) mass is 354 g/mol. The molecule has 1 aliphatic heterocycles. The van der Waals surface area contributed by atoms with Gasteiger partial charge in [-0.15, -0.1) is 0 Å². The second-order valence-corrected chi connectivity index (χ2v) is 7.09. The molecule has 3 atom stereocenters. The van der Waals surface area contributed by atoms with Crippen LogP contribution < -0.4 is 5.32 Å². The zero-order valence-corrected chi connectivity index (χ0v) is 14.7. The number of nitro benzene ring substituents is 1. The van der Waals surface area contributed by atoms with E-state index in [1.165, 1.54) is 17.2 Å². The van der Waals surface area contributed by atoms with Crippen LogP contribution in [0.3, 0.4) is 0 Å². The third kappa shape index (κ3) is 2.61. The van der Waals surface area contributed by atoms with Crippen LogP contribution in [0.4, 0.5) is 11.4 Å². The summed E-state index contributed by atoms with van der Waals surface area (Å²) in [5.41, 5.74) is 4.07. The van der Waals surface area contributed by atoms with E-state index in [0.29, 0.717) is 10.7 Å². The van der Waals surface area contributed by atoms with Gasteiger partial charge in [-0.25, -0.2) is 0 Å². The SMILES string of the molecule is CCc1ccc([C@@H]2Nc3c(Cl)ccc([N+](=O)[O-])c3[C@H]3C=CC[C@H]32)cc1. The van der Waals surface area contributed by atoms with Crippen molar-refractivity contribution >= 4 is 23.0 Å². The molecule has 1 heterocycles. The van der Waals surface area contributed by atoms with Crippen LogP contribution in [-0.4, -0.2) is 4.92 Å². The molecule has 4 nitrogen and oxygen atoms in total. The average Bonchev–Trinajstić information content (AvgIpc) is 3.11. The van der Waals surface area contributed by atoms with Crippen LogP contribution in [0.15, 0.2) is 48.6 Å². The van der Waals surface area contributed by atoms with Gasteiger partial charge in [-0.2, -0.15) is 0 Å². The fraction of sp³-hybridized carbons (Fsp3) is 0.300. The van der Waals surface area contributed by atoms with E-state index in [9.17, 15) is 10.1 Å². The first-order chi connectivity index (χ1) is 12.1. The van der Waals surface area contributed by atoms with E-state index in [1.807, 2.05) is 0 Å². The molecule has 2 aromatic carbocycles. The number of nitrogens with one attached hydrogen (secondary N) is 1. The van der Waals surface area contributed by atoms with Crippen LogP contribution >= 0.6 is 11.6 Å². The number of nitro groups is 1. The first-order valence-electron chi connectivity index (χ1n) is 8.59. The Morgan fingerprint density at radius 2 is 2.00 bits per heavy atom. The van der Waals surface area contributed by atoms with Crippen LogP contribution in [0.1, 0.15) is 42.0 Å². The summed E-state index contributed by atoms with van der Waals surface area (Å²) in [5, 5.41) is 15.6. The van der Waals surface area contributed by atoms with Gasteiger partial charge in [0.05, 0.1) is 27.2 Å². The van der Waals surface area contributed by atoms with Crippen molar-refractivity contribution in [1.29, 1.82) is 0 Å². The van der Waals surface area contributed by atoms with E-state index in [0.717, 1.165) is 18.4 Å². The minimum absolute atomic E-state index is 0.0196. The molecule has 0 radical (unpaired) electrons. The van der Waals surface area contributed by atoms with Crippen molar-refractivity contribution in [3.05, 3.63) is 80.4 Å². The molecule has 2 aliphatic rings. The Morgan fingerprint density at radius 3 is 2.68 bits per heavy atom. The summed E-state index contributed by atoms with van der Waals surface area (Å²) in [7, 11) is 0. The number of nitrogens with zero attached hydrogens (tertiary/aromatic N) is 1. The maximum absolute atomic E-state index is 11.5. The van der Waals surface area contributed by atoms with Gasteiger partial charge in [0.2, 0.25) is 0 Å². The lowest BCUT2D eigenvalue weighted by atomic mass is 9.76. The van der Waals surface area contributed by atoms with Crippen LogP contribution in [0, 0.1) is 16.0 Å². The molecule has 0 aromatic heterocycles. The fourth-order valence-electron chi connectivity index (χ4n) is 4.10. The smallest absolute Gasteiger partial charge is 0.275 e. The molecular formula is C20H19ClN2O2. The molecule has 0 saturated carbocycles. The zero-order valence-electron chi connectivity index (χ0n) is 13.9. The largest absolute Gasteiger partial charge is 0.376 e. The summed E-state index contributed by atoms with van der Waals surface area (Å²) in [6, 6.07) is 11.8. The molecule has 0 saturated heterocycles. The van der Waals surface area contributed by atoms with Gasteiger partial charge in [-0.1, -0.05) is 54.9 Å². The summed E-state index contributed by atoms with van der Waals surface area (Å²) < 4.78 is 0. The second kappa shape index (κ2) is 6.19. The number of rotatable bonds is 3. The Labute approximate surface area is 151 Å². The highest BCUT2D eigenvalue weighted by Crippen LogP contribution is 2.54. The maximum atomic E-state index is 11.5. The van der Waals surface area contributed by atoms with Gasteiger partial charge in [-0.05, 0) is 36.0 Å². The maximum Gasteiger partial charge on any atom is 0.275 e. The number of hydrogen-bond donors (Lipinski definition) is 1. The first kappa shape index (κ1) is 16.2. The van der Waals surface area contributed by atoms with Crippen LogP contribution in [0.25, 0.3) is 0 Å². The summed E-state index contributed by atoms with van der Waals surface area (Å²) in [6.45, 7) is 2.14. The lowest BCUT2D eigenvalue weighted by Crippen LogP contribution is -2.29. The molecule has 0 spiro atoms. The molecule has 0 unspecified atom stereocenters. The average molecular weight is 355 g/mol. The van der Waals surface area contributed by atoms with E-state index in [2.05, 4.69) is 48.7 Å². The van der Waals surface area contributed by atoms with Crippen molar-refractivity contribution in [2.24, 2.45) is 5.92 Å². The molecule has 128 valence electrons. The van der Waals surface area contributed by atoms with Crippen molar-refractivity contribution in [2.75, 3.05) is 5.32 Å². The first-order valence-corrected chi connectivity index (χ1v) is 8.96. The molecule has 0 fully saturated rings. The molecule has 4 rings (SSSR count). The molecule has 1 N–H and O–H groups in total. The fourth-order valence-corrected chi connectivity index (χ4v) is 4.32. The third-order valence-corrected chi connectivity index (χ3v) is 5.70. The predicted octanol–water partition coefficient (Wildman–Crippen LogP) is 5.64. The second-order valence-electron chi connectivity index (χ2n) is 6.68. The van der Waals surface area contributed by atoms with Crippen LogP contribution in [0.5, 0.6) is 0 Å². The number of anilines is 1. The molecule has 0 bridgehead atoms. The number of hydrogen-bond acceptors (Lipinski definition) is 3. The highest BCUT2D eigenvalue weighted by atomic mass is 35.5. The lowest BCUT2D eigenvalue weighted by Gasteiger charge is -2.37. The Bertz CT molecular complexity index is 861. The van der Waals surface area contributed by atoms with Gasteiger partial charge < -0.3 is 5.32 Å². The van der Waals surface area contributed by atoms with Gasteiger partial charge in [0.15, 0.2) is 0 Å². The Hall–Kier alpha value is -2.33. The lowest BCUT2D eigenvalue weighted by molar-refractivity contribution is -0.385. The number of allylic oxidation sites excluding steroid dienone is 2. The summed E-state index contributed by atoms with van der Waals surface area (Å²) >= 11 is 6.40. The molecule has 1 aliphatic carbocycles. The van der Waals surface area contributed by atoms with Crippen molar-refractivity contribution < 1.29 is 4.92 Å². The van der Waals surface area contributed by atoms with Gasteiger partial charge in [-0.3, -0.25) is 10.1 Å². The normalized spacial score (nSPS) is 23.7. The van der Waals surface area contributed by atoms with Crippen molar-refractivity contribution in [3.8, 4) is 0 Å². The Balaban J connectivity index is 1.82. The summed E-state index contributed by atoms with van der Waals surface area (Å²) in [4.78, 5) is 11.2. The standard InChI is InChI=1S/C20H19ClN2O2/c1-2-12-6-8-13(9-7-12)19-15-5-3-4-14(15)18-17(23(24)25)11-10-16(21)20(18)22-19/h3-4,6-11,14-15,19,22H,2,5H2,1H3/t14-,15+,19-/m0/s1. The number of fused-ring (bicyclic) bond motifs is 3. The molecule has 25 heavy (non-hydrogen) atoms. The van der Waals surface area contributed by atoms with Crippen LogP contribution in [0.2, 0.25) is 5.02 Å². The minimum Gasteiger partial charge on any atom is -0.376 e. The van der Waals surface area contributed by atoms with E-state index >= 15 is 0 Å². The van der Waals surface area contributed by atoms with E-state index in [4.69, 9.17) is 11.6 Å². The summed E-state index contributed by atoms with van der Waals surface area (Å²) in [5.74, 6) is 0.281. The number of halogens is 1. The van der Waals surface area contributed by atoms with Gasteiger partial charge in [0.25, 0.3) is 5.69 Å². The topological polar surface area (TPSA) is 55.2 Å². The molecular weight excluding hydrogens is 336 g/mol. The van der Waals surface area contributed by atoms with Gasteiger partial charge >= 0.3 is 0 Å². The molecule has 0 amide bonds. The Kier molecular flexibility index (Phi) is 4.00. The zero-order chi connectivity index (χ0) is 17.6. The molecule has 2 aromatic rings. The minimum atomic E-state index is -0.309. The van der Waals surface area contributed by atoms with E-state index in [-0.39, 0.29) is 28.5 Å². The van der Waals surface area contributed by atoms with Crippen molar-refractivity contribution in [2.45, 2.75) is 31.7 Å². The predicted molar refractivity (Wildman–Crippen MR) is 100 cm³/mol. The number of aryl methyl sites for hydroxylation is 1. The van der Waals surface area contributed by atoms with Crippen LogP contribution in [-0.2, 0) is 6.42 Å². The van der Waals surface area contributed by atoms with E-state index in [1.54, 1.807) is 6.07 Å². The van der Waals surface area contributed by atoms with Gasteiger partial charge in [0, 0.05) is 12.0 Å². The van der Waals surface area contributed by atoms with Crippen molar-refractivity contribution in [1.82, 2.24) is 0 Å². The molecule has 5 heteroatoms. The highest BCUT2D eigenvalue weighted by Gasteiger charge is 2.42. The van der Waals surface area contributed by atoms with E-state index < -0.39 is 0 Å².